The largest absolute Gasteiger partial charge is 0.481 e. The van der Waals surface area contributed by atoms with Gasteiger partial charge in [-0.3, -0.25) is 4.79 Å². The molecule has 110 valence electrons. The number of carboxylic acid groups (broad SMARTS) is 1. The molecule has 1 fully saturated rings. The molecule has 1 saturated heterocycles. The van der Waals surface area contributed by atoms with Crippen LogP contribution in [0.25, 0.3) is 0 Å². The molecule has 1 aliphatic heterocycles. The predicted octanol–water partition coefficient (Wildman–Crippen LogP) is 2.46. The number of nitrogens with zero attached hydrogens (tertiary/aromatic N) is 1. The molecule has 5 heteroatoms. The van der Waals surface area contributed by atoms with Crippen LogP contribution in [-0.2, 0) is 4.79 Å². The lowest BCUT2D eigenvalue weighted by molar-refractivity contribution is -0.143. The van der Waals surface area contributed by atoms with E-state index in [1.807, 2.05) is 0 Å². The number of urea groups is 1. The minimum atomic E-state index is -0.801. The van der Waals surface area contributed by atoms with E-state index in [1.54, 1.807) is 4.90 Å². The van der Waals surface area contributed by atoms with Gasteiger partial charge in [0.05, 0.1) is 5.92 Å². The maximum absolute atomic E-state index is 12.3. The van der Waals surface area contributed by atoms with Gasteiger partial charge in [-0.25, -0.2) is 4.79 Å². The Labute approximate surface area is 115 Å². The number of nitrogens with one attached hydrogen (secondary N) is 1. The molecule has 0 aromatic rings. The lowest BCUT2D eigenvalue weighted by Gasteiger charge is -2.37. The Balaban J connectivity index is 2.64. The highest BCUT2D eigenvalue weighted by Gasteiger charge is 2.32. The van der Waals surface area contributed by atoms with Gasteiger partial charge in [0.1, 0.15) is 0 Å². The number of rotatable bonds is 5. The highest BCUT2D eigenvalue weighted by atomic mass is 16.4. The number of hydrogen-bond acceptors (Lipinski definition) is 2. The first-order valence-electron chi connectivity index (χ1n) is 7.28. The van der Waals surface area contributed by atoms with E-state index in [1.165, 1.54) is 0 Å². The van der Waals surface area contributed by atoms with Gasteiger partial charge in [0.15, 0.2) is 0 Å². The Morgan fingerprint density at radius 2 is 1.84 bits per heavy atom. The molecule has 0 aromatic heterocycles. The van der Waals surface area contributed by atoms with Crippen molar-refractivity contribution in [3.63, 3.8) is 0 Å². The quantitative estimate of drug-likeness (QED) is 0.806. The number of amides is 2. The van der Waals surface area contributed by atoms with E-state index in [2.05, 4.69) is 26.1 Å². The van der Waals surface area contributed by atoms with Gasteiger partial charge < -0.3 is 15.3 Å². The minimum absolute atomic E-state index is 0.114. The van der Waals surface area contributed by atoms with Crippen molar-refractivity contribution in [2.45, 2.75) is 58.4 Å². The number of likely N-dealkylation sites (tertiary alicyclic amines) is 1. The van der Waals surface area contributed by atoms with Gasteiger partial charge in [0.25, 0.3) is 0 Å². The van der Waals surface area contributed by atoms with Crippen LogP contribution < -0.4 is 5.32 Å². The van der Waals surface area contributed by atoms with Gasteiger partial charge in [-0.1, -0.05) is 20.8 Å². The fourth-order valence-corrected chi connectivity index (χ4v) is 2.68. The van der Waals surface area contributed by atoms with Gasteiger partial charge in [-0.2, -0.15) is 0 Å². The van der Waals surface area contributed by atoms with Gasteiger partial charge in [-0.05, 0) is 32.1 Å². The average molecular weight is 270 g/mol. The van der Waals surface area contributed by atoms with Crippen molar-refractivity contribution in [3.05, 3.63) is 0 Å². The summed E-state index contributed by atoms with van der Waals surface area (Å²) >= 11 is 0. The highest BCUT2D eigenvalue weighted by Crippen LogP contribution is 2.21. The van der Waals surface area contributed by atoms with Crippen molar-refractivity contribution in [2.75, 3.05) is 13.1 Å². The van der Waals surface area contributed by atoms with E-state index in [0.29, 0.717) is 19.5 Å². The molecule has 0 aromatic carbocycles. The summed E-state index contributed by atoms with van der Waals surface area (Å²) in [6.45, 7) is 7.20. The third kappa shape index (κ3) is 3.85. The van der Waals surface area contributed by atoms with Gasteiger partial charge in [-0.15, -0.1) is 0 Å². The standard InChI is InChI=1S/C14H26N2O3/c1-4-14(5-2,6-3)15-13(19)16-9-7-8-11(10-16)12(17)18/h11H,4-10H2,1-3H3,(H,15,19)(H,17,18). The number of carbonyl (C=O) groups excluding carboxylic acids is 1. The zero-order chi connectivity index (χ0) is 14.5. The van der Waals surface area contributed by atoms with E-state index < -0.39 is 11.9 Å². The van der Waals surface area contributed by atoms with Gasteiger partial charge in [0, 0.05) is 18.6 Å². The van der Waals surface area contributed by atoms with Crippen LogP contribution in [0.5, 0.6) is 0 Å². The van der Waals surface area contributed by atoms with Gasteiger partial charge >= 0.3 is 12.0 Å². The van der Waals surface area contributed by atoms with E-state index in [4.69, 9.17) is 5.11 Å². The number of carbonyl (C=O) groups is 2. The monoisotopic (exact) mass is 270 g/mol. The first-order chi connectivity index (χ1) is 8.98. The van der Waals surface area contributed by atoms with Crippen LogP contribution in [0, 0.1) is 5.92 Å². The first-order valence-corrected chi connectivity index (χ1v) is 7.28. The van der Waals surface area contributed by atoms with Crippen molar-refractivity contribution in [1.82, 2.24) is 10.2 Å². The van der Waals surface area contributed by atoms with E-state index in [9.17, 15) is 9.59 Å². The minimum Gasteiger partial charge on any atom is -0.481 e. The molecule has 2 amide bonds. The molecule has 1 heterocycles. The smallest absolute Gasteiger partial charge is 0.317 e. The van der Waals surface area contributed by atoms with E-state index in [0.717, 1.165) is 25.7 Å². The molecule has 0 spiro atoms. The van der Waals surface area contributed by atoms with Crippen LogP contribution in [-0.4, -0.2) is 40.6 Å². The number of aliphatic carboxylic acids is 1. The third-order valence-corrected chi connectivity index (χ3v) is 4.46. The number of piperidine rings is 1. The third-order valence-electron chi connectivity index (χ3n) is 4.46. The van der Waals surface area contributed by atoms with Crippen molar-refractivity contribution in [1.29, 1.82) is 0 Å². The van der Waals surface area contributed by atoms with Crippen LogP contribution in [0.15, 0.2) is 0 Å². The molecule has 1 atom stereocenters. The van der Waals surface area contributed by atoms with Crippen LogP contribution in [0.3, 0.4) is 0 Å². The zero-order valence-electron chi connectivity index (χ0n) is 12.2. The summed E-state index contributed by atoms with van der Waals surface area (Å²) in [7, 11) is 0. The van der Waals surface area contributed by atoms with Crippen LogP contribution in [0.1, 0.15) is 52.9 Å². The van der Waals surface area contributed by atoms with Crippen molar-refractivity contribution in [3.8, 4) is 0 Å². The van der Waals surface area contributed by atoms with Crippen LogP contribution in [0.2, 0.25) is 0 Å². The summed E-state index contributed by atoms with van der Waals surface area (Å²) in [4.78, 5) is 24.9. The molecule has 5 nitrogen and oxygen atoms in total. The normalized spacial score (nSPS) is 20.2. The molecular formula is C14H26N2O3. The fourth-order valence-electron chi connectivity index (χ4n) is 2.68. The van der Waals surface area contributed by atoms with E-state index >= 15 is 0 Å². The SMILES string of the molecule is CCC(CC)(CC)NC(=O)N1CCCC(C(=O)O)C1. The lowest BCUT2D eigenvalue weighted by Crippen LogP contribution is -2.55. The summed E-state index contributed by atoms with van der Waals surface area (Å²) in [5, 5.41) is 12.2. The summed E-state index contributed by atoms with van der Waals surface area (Å²) in [6.07, 6.45) is 4.10. The molecule has 1 unspecified atom stereocenters. The van der Waals surface area contributed by atoms with Crippen molar-refractivity contribution >= 4 is 12.0 Å². The topological polar surface area (TPSA) is 69.6 Å². The molecule has 1 rings (SSSR count). The lowest BCUT2D eigenvalue weighted by atomic mass is 9.90. The molecule has 2 N–H and O–H groups in total. The number of hydrogen-bond donors (Lipinski definition) is 2. The first kappa shape index (κ1) is 15.8. The molecule has 0 radical (unpaired) electrons. The molecular weight excluding hydrogens is 244 g/mol. The van der Waals surface area contributed by atoms with Crippen LogP contribution >= 0.6 is 0 Å². The summed E-state index contributed by atoms with van der Waals surface area (Å²) in [5.74, 6) is -1.22. The summed E-state index contributed by atoms with van der Waals surface area (Å²) in [5.41, 5.74) is -0.159. The predicted molar refractivity (Wildman–Crippen MR) is 74.1 cm³/mol. The second kappa shape index (κ2) is 6.78. The molecule has 1 aliphatic rings. The summed E-state index contributed by atoms with van der Waals surface area (Å²) in [6, 6.07) is -0.114. The molecule has 0 saturated carbocycles. The van der Waals surface area contributed by atoms with Crippen molar-refractivity contribution in [2.24, 2.45) is 5.92 Å². The molecule has 0 bridgehead atoms. The molecule has 0 aliphatic carbocycles. The maximum Gasteiger partial charge on any atom is 0.317 e. The Morgan fingerprint density at radius 3 is 2.32 bits per heavy atom. The Kier molecular flexibility index (Phi) is 5.63. The fraction of sp³-hybridized carbons (Fsp3) is 0.857. The second-order valence-corrected chi connectivity index (χ2v) is 5.39. The second-order valence-electron chi connectivity index (χ2n) is 5.39. The Bertz CT molecular complexity index is 318. The average Bonchev–Trinajstić information content (AvgIpc) is 2.45. The summed E-state index contributed by atoms with van der Waals surface area (Å²) < 4.78 is 0. The van der Waals surface area contributed by atoms with Crippen LogP contribution in [0.4, 0.5) is 4.79 Å². The highest BCUT2D eigenvalue weighted by molar-refractivity contribution is 5.77. The van der Waals surface area contributed by atoms with E-state index in [-0.39, 0.29) is 11.6 Å². The van der Waals surface area contributed by atoms with Gasteiger partial charge in [0.2, 0.25) is 0 Å². The zero-order valence-corrected chi connectivity index (χ0v) is 12.2. The number of carboxylic acids is 1. The Hall–Kier alpha value is -1.26. The Morgan fingerprint density at radius 1 is 1.26 bits per heavy atom. The van der Waals surface area contributed by atoms with Crippen molar-refractivity contribution < 1.29 is 14.7 Å². The molecule has 19 heavy (non-hydrogen) atoms. The maximum atomic E-state index is 12.3.